The number of hydrogen-bond acceptors (Lipinski definition) is 5. The zero-order chi connectivity index (χ0) is 14.8. The Morgan fingerprint density at radius 2 is 2.14 bits per heavy atom. The average molecular weight is 304 g/mol. The zero-order valence-corrected chi connectivity index (χ0v) is 12.1. The number of rotatable bonds is 4. The van der Waals surface area contributed by atoms with Crippen LogP contribution in [0.3, 0.4) is 0 Å². The van der Waals surface area contributed by atoms with E-state index in [9.17, 15) is 4.39 Å². The van der Waals surface area contributed by atoms with Crippen LogP contribution < -0.4 is 10.5 Å². The Hall–Kier alpha value is -2.21. The van der Waals surface area contributed by atoms with Gasteiger partial charge in [0.1, 0.15) is 5.52 Å². The summed E-state index contributed by atoms with van der Waals surface area (Å²) in [4.78, 5) is 5.00. The van der Waals surface area contributed by atoms with Crippen LogP contribution in [0, 0.1) is 5.82 Å². The third-order valence-corrected chi connectivity index (χ3v) is 3.76. The number of nitrogens with two attached hydrogens (primary N) is 1. The van der Waals surface area contributed by atoms with Crippen molar-refractivity contribution in [2.75, 3.05) is 12.3 Å². The molecule has 0 aliphatic rings. The molecule has 0 spiro atoms. The monoisotopic (exact) mass is 304 g/mol. The maximum absolute atomic E-state index is 13.7. The molecule has 0 aliphatic carbocycles. The van der Waals surface area contributed by atoms with Gasteiger partial charge in [0.25, 0.3) is 5.22 Å². The van der Waals surface area contributed by atoms with E-state index in [0.717, 1.165) is 5.52 Å². The molecule has 2 aromatic carbocycles. The molecule has 21 heavy (non-hydrogen) atoms. The number of ether oxygens (including phenoxy) is 1. The predicted molar refractivity (Wildman–Crippen MR) is 80.1 cm³/mol. The summed E-state index contributed by atoms with van der Waals surface area (Å²) < 4.78 is 24.5. The average Bonchev–Trinajstić information content (AvgIpc) is 2.86. The normalized spacial score (nSPS) is 11.0. The smallest absolute Gasteiger partial charge is 0.261 e. The van der Waals surface area contributed by atoms with E-state index in [4.69, 9.17) is 14.9 Å². The quantitative estimate of drug-likeness (QED) is 0.735. The molecule has 0 amide bonds. The van der Waals surface area contributed by atoms with Crippen molar-refractivity contribution in [3.8, 4) is 5.75 Å². The summed E-state index contributed by atoms with van der Waals surface area (Å²) in [5, 5.41) is 0.456. The van der Waals surface area contributed by atoms with E-state index in [1.807, 2.05) is 24.3 Å². The highest BCUT2D eigenvalue weighted by atomic mass is 32.2. The van der Waals surface area contributed by atoms with Gasteiger partial charge in [-0.05, 0) is 36.9 Å². The third-order valence-electron chi connectivity index (χ3n) is 2.84. The highest BCUT2D eigenvalue weighted by Gasteiger charge is 2.13. The van der Waals surface area contributed by atoms with Crippen molar-refractivity contribution in [1.29, 1.82) is 0 Å². The topological polar surface area (TPSA) is 61.3 Å². The minimum Gasteiger partial charge on any atom is -0.491 e. The number of aromatic nitrogens is 1. The summed E-state index contributed by atoms with van der Waals surface area (Å²) in [7, 11) is 0. The second-order valence-electron chi connectivity index (χ2n) is 4.30. The number of fused-ring (bicyclic) bond motifs is 1. The molecule has 0 unspecified atom stereocenters. The van der Waals surface area contributed by atoms with Crippen LogP contribution in [0.5, 0.6) is 5.75 Å². The third kappa shape index (κ3) is 2.80. The number of para-hydroxylation sites is 2. The van der Waals surface area contributed by atoms with Gasteiger partial charge < -0.3 is 14.9 Å². The first-order valence-electron chi connectivity index (χ1n) is 6.42. The number of nitrogen functional groups attached to an aromatic ring is 1. The highest BCUT2D eigenvalue weighted by molar-refractivity contribution is 7.99. The SMILES string of the molecule is CCOc1cc(Sc2nc3ccccc3o2)c(N)cc1F. The number of nitrogens with zero attached hydrogens (tertiary/aromatic N) is 1. The maximum Gasteiger partial charge on any atom is 0.261 e. The summed E-state index contributed by atoms with van der Waals surface area (Å²) in [5.41, 5.74) is 7.63. The van der Waals surface area contributed by atoms with Crippen LogP contribution in [-0.2, 0) is 0 Å². The van der Waals surface area contributed by atoms with E-state index in [1.165, 1.54) is 17.8 Å². The minimum atomic E-state index is -0.476. The molecule has 2 N–H and O–H groups in total. The van der Waals surface area contributed by atoms with E-state index in [1.54, 1.807) is 13.0 Å². The van der Waals surface area contributed by atoms with E-state index in [2.05, 4.69) is 4.98 Å². The minimum absolute atomic E-state index is 0.172. The van der Waals surface area contributed by atoms with Gasteiger partial charge in [-0.2, -0.15) is 0 Å². The van der Waals surface area contributed by atoms with Gasteiger partial charge in [-0.25, -0.2) is 9.37 Å². The van der Waals surface area contributed by atoms with Gasteiger partial charge in [0.05, 0.1) is 6.61 Å². The van der Waals surface area contributed by atoms with Crippen LogP contribution in [0.25, 0.3) is 11.1 Å². The predicted octanol–water partition coefficient (Wildman–Crippen LogP) is 4.10. The first-order valence-corrected chi connectivity index (χ1v) is 7.24. The van der Waals surface area contributed by atoms with Crippen molar-refractivity contribution in [1.82, 2.24) is 4.98 Å². The Bertz CT molecular complexity index is 755. The molecule has 0 radical (unpaired) electrons. The van der Waals surface area contributed by atoms with Gasteiger partial charge in [0, 0.05) is 16.6 Å². The summed E-state index contributed by atoms with van der Waals surface area (Å²) in [6, 6.07) is 10.3. The molecule has 0 saturated carbocycles. The van der Waals surface area contributed by atoms with E-state index in [-0.39, 0.29) is 5.75 Å². The fourth-order valence-corrected chi connectivity index (χ4v) is 2.70. The number of hydrogen-bond donors (Lipinski definition) is 1. The molecular formula is C15H13FN2O2S. The van der Waals surface area contributed by atoms with Gasteiger partial charge in [-0.1, -0.05) is 12.1 Å². The van der Waals surface area contributed by atoms with E-state index in [0.29, 0.717) is 28.0 Å². The molecule has 108 valence electrons. The molecule has 3 rings (SSSR count). The van der Waals surface area contributed by atoms with Gasteiger partial charge in [-0.15, -0.1) is 0 Å². The summed E-state index contributed by atoms with van der Waals surface area (Å²) in [6.45, 7) is 2.18. The number of anilines is 1. The van der Waals surface area contributed by atoms with Crippen LogP contribution in [0.1, 0.15) is 6.92 Å². The molecule has 0 aliphatic heterocycles. The lowest BCUT2D eigenvalue weighted by atomic mass is 10.3. The molecule has 1 heterocycles. The van der Waals surface area contributed by atoms with Crippen LogP contribution >= 0.6 is 11.8 Å². The fraction of sp³-hybridized carbons (Fsp3) is 0.133. The summed E-state index contributed by atoms with van der Waals surface area (Å²) in [5.74, 6) is -0.304. The lowest BCUT2D eigenvalue weighted by molar-refractivity contribution is 0.321. The Labute approximate surface area is 125 Å². The van der Waals surface area contributed by atoms with Crippen LogP contribution in [0.15, 0.2) is 50.9 Å². The first kappa shape index (κ1) is 13.8. The standard InChI is InChI=1S/C15H13FN2O2S/c1-2-19-13-8-14(10(17)7-9(13)16)21-15-18-11-5-3-4-6-12(11)20-15/h3-8H,2,17H2,1H3. The Kier molecular flexibility index (Phi) is 3.70. The zero-order valence-electron chi connectivity index (χ0n) is 11.3. The van der Waals surface area contributed by atoms with Crippen molar-refractivity contribution in [3.05, 3.63) is 42.2 Å². The first-order chi connectivity index (χ1) is 10.2. The Morgan fingerprint density at radius 3 is 2.90 bits per heavy atom. The highest BCUT2D eigenvalue weighted by Crippen LogP contribution is 2.36. The largest absolute Gasteiger partial charge is 0.491 e. The molecule has 3 aromatic rings. The second-order valence-corrected chi connectivity index (χ2v) is 5.30. The molecule has 0 atom stereocenters. The van der Waals surface area contributed by atoms with Gasteiger partial charge in [0.2, 0.25) is 0 Å². The lowest BCUT2D eigenvalue weighted by Crippen LogP contribution is -1.97. The molecule has 6 heteroatoms. The molecule has 1 aromatic heterocycles. The van der Waals surface area contributed by atoms with Gasteiger partial charge in [-0.3, -0.25) is 0 Å². The van der Waals surface area contributed by atoms with E-state index < -0.39 is 5.82 Å². The van der Waals surface area contributed by atoms with Crippen molar-refractivity contribution >= 4 is 28.5 Å². The van der Waals surface area contributed by atoms with Gasteiger partial charge in [0.15, 0.2) is 17.1 Å². The summed E-state index contributed by atoms with van der Waals surface area (Å²) >= 11 is 1.24. The summed E-state index contributed by atoms with van der Waals surface area (Å²) in [6.07, 6.45) is 0. The molecule has 0 fully saturated rings. The van der Waals surface area contributed by atoms with Crippen LogP contribution in [0.2, 0.25) is 0 Å². The number of halogens is 1. The second kappa shape index (κ2) is 5.65. The molecule has 0 saturated heterocycles. The molecule has 4 nitrogen and oxygen atoms in total. The molecular weight excluding hydrogens is 291 g/mol. The van der Waals surface area contributed by atoms with Crippen molar-refractivity contribution in [2.45, 2.75) is 17.0 Å². The van der Waals surface area contributed by atoms with Gasteiger partial charge >= 0.3 is 0 Å². The number of benzene rings is 2. The maximum atomic E-state index is 13.7. The van der Waals surface area contributed by atoms with Crippen molar-refractivity contribution in [2.24, 2.45) is 0 Å². The molecule has 0 bridgehead atoms. The van der Waals surface area contributed by atoms with Crippen LogP contribution in [0.4, 0.5) is 10.1 Å². The van der Waals surface area contributed by atoms with E-state index >= 15 is 0 Å². The van der Waals surface area contributed by atoms with Crippen molar-refractivity contribution in [3.63, 3.8) is 0 Å². The Morgan fingerprint density at radius 1 is 1.33 bits per heavy atom. The lowest BCUT2D eigenvalue weighted by Gasteiger charge is -2.08. The number of oxazole rings is 1. The fourth-order valence-electron chi connectivity index (χ4n) is 1.89. The Balaban J connectivity index is 1.94. The van der Waals surface area contributed by atoms with Crippen molar-refractivity contribution < 1.29 is 13.5 Å². The van der Waals surface area contributed by atoms with Crippen LogP contribution in [-0.4, -0.2) is 11.6 Å².